The minimum Gasteiger partial charge on any atom is -0.492 e. The monoisotopic (exact) mass is 265 g/mol. The summed E-state index contributed by atoms with van der Waals surface area (Å²) in [6.45, 7) is 2.31. The molecular formula is C14H13F2NO2. The number of hydrogen-bond acceptors (Lipinski definition) is 3. The number of hydrogen-bond donors (Lipinski definition) is 1. The summed E-state index contributed by atoms with van der Waals surface area (Å²) in [7, 11) is 0. The Morgan fingerprint density at radius 2 is 1.68 bits per heavy atom. The molecule has 0 aliphatic carbocycles. The molecule has 2 aromatic carbocycles. The Hall–Kier alpha value is -2.30. The number of halogens is 2. The van der Waals surface area contributed by atoms with Gasteiger partial charge in [-0.1, -0.05) is 0 Å². The van der Waals surface area contributed by atoms with Crippen molar-refractivity contribution in [2.24, 2.45) is 0 Å². The minimum atomic E-state index is -0.960. The molecule has 0 saturated heterocycles. The van der Waals surface area contributed by atoms with Gasteiger partial charge in [0.25, 0.3) is 0 Å². The number of rotatable bonds is 4. The van der Waals surface area contributed by atoms with Crippen LogP contribution in [0.5, 0.6) is 17.2 Å². The van der Waals surface area contributed by atoms with Gasteiger partial charge >= 0.3 is 0 Å². The van der Waals surface area contributed by atoms with Crippen molar-refractivity contribution >= 4 is 5.69 Å². The topological polar surface area (TPSA) is 44.5 Å². The van der Waals surface area contributed by atoms with E-state index in [1.807, 2.05) is 6.92 Å². The van der Waals surface area contributed by atoms with E-state index in [1.54, 1.807) is 18.2 Å². The van der Waals surface area contributed by atoms with Crippen molar-refractivity contribution < 1.29 is 18.3 Å². The van der Waals surface area contributed by atoms with Crippen LogP contribution in [0.3, 0.4) is 0 Å². The van der Waals surface area contributed by atoms with Gasteiger partial charge in [0.1, 0.15) is 17.2 Å². The van der Waals surface area contributed by atoms with E-state index in [0.717, 1.165) is 12.1 Å². The maximum absolute atomic E-state index is 13.0. The zero-order valence-electron chi connectivity index (χ0n) is 10.3. The molecule has 0 aliphatic heterocycles. The van der Waals surface area contributed by atoms with Gasteiger partial charge in [-0.3, -0.25) is 0 Å². The minimum absolute atomic E-state index is 0.200. The Morgan fingerprint density at radius 1 is 1.00 bits per heavy atom. The summed E-state index contributed by atoms with van der Waals surface area (Å²) in [5.41, 5.74) is 6.21. The fraction of sp³-hybridized carbons (Fsp3) is 0.143. The highest BCUT2D eigenvalue weighted by molar-refractivity contribution is 5.56. The van der Waals surface area contributed by atoms with Crippen molar-refractivity contribution in [1.82, 2.24) is 0 Å². The first-order chi connectivity index (χ1) is 9.10. The van der Waals surface area contributed by atoms with Gasteiger partial charge in [0.05, 0.1) is 12.3 Å². The van der Waals surface area contributed by atoms with Gasteiger partial charge < -0.3 is 15.2 Å². The maximum Gasteiger partial charge on any atom is 0.162 e. The molecule has 2 rings (SSSR count). The highest BCUT2D eigenvalue weighted by Gasteiger charge is 2.06. The lowest BCUT2D eigenvalue weighted by atomic mass is 10.2. The third-order valence-corrected chi connectivity index (χ3v) is 2.41. The summed E-state index contributed by atoms with van der Waals surface area (Å²) in [4.78, 5) is 0. The van der Waals surface area contributed by atoms with E-state index in [0.29, 0.717) is 23.8 Å². The van der Waals surface area contributed by atoms with Crippen LogP contribution in [0, 0.1) is 11.6 Å². The highest BCUT2D eigenvalue weighted by atomic mass is 19.2. The smallest absolute Gasteiger partial charge is 0.162 e. The second-order valence-corrected chi connectivity index (χ2v) is 3.81. The van der Waals surface area contributed by atoms with Crippen molar-refractivity contribution in [3.63, 3.8) is 0 Å². The molecule has 0 aromatic heterocycles. The van der Waals surface area contributed by atoms with Gasteiger partial charge in [-0.25, -0.2) is 8.78 Å². The van der Waals surface area contributed by atoms with E-state index in [-0.39, 0.29) is 5.75 Å². The standard InChI is InChI=1S/C14H13F2NO2/c1-2-18-14-8-10(4-6-13(14)17)19-9-3-5-11(15)12(16)7-9/h3-8H,2,17H2,1H3. The number of nitrogen functional groups attached to an aromatic ring is 1. The third-order valence-electron chi connectivity index (χ3n) is 2.41. The average Bonchev–Trinajstić information content (AvgIpc) is 2.38. The predicted octanol–water partition coefficient (Wildman–Crippen LogP) is 3.74. The first-order valence-corrected chi connectivity index (χ1v) is 5.75. The van der Waals surface area contributed by atoms with Crippen LogP contribution in [0.1, 0.15) is 6.92 Å². The Bertz CT molecular complexity index is 588. The van der Waals surface area contributed by atoms with Crippen molar-refractivity contribution in [3.8, 4) is 17.2 Å². The van der Waals surface area contributed by atoms with Crippen LogP contribution in [0.15, 0.2) is 36.4 Å². The number of anilines is 1. The molecule has 19 heavy (non-hydrogen) atoms. The third kappa shape index (κ3) is 3.13. The molecule has 5 heteroatoms. The number of ether oxygens (including phenoxy) is 2. The highest BCUT2D eigenvalue weighted by Crippen LogP contribution is 2.30. The molecule has 0 atom stereocenters. The maximum atomic E-state index is 13.0. The van der Waals surface area contributed by atoms with Crippen LogP contribution in [0.2, 0.25) is 0 Å². The summed E-state index contributed by atoms with van der Waals surface area (Å²) in [5, 5.41) is 0. The van der Waals surface area contributed by atoms with Gasteiger partial charge in [0.15, 0.2) is 11.6 Å². The fourth-order valence-corrected chi connectivity index (χ4v) is 1.54. The van der Waals surface area contributed by atoms with E-state index in [4.69, 9.17) is 15.2 Å². The molecule has 2 N–H and O–H groups in total. The quantitative estimate of drug-likeness (QED) is 0.856. The summed E-state index contributed by atoms with van der Waals surface area (Å²) >= 11 is 0. The van der Waals surface area contributed by atoms with Gasteiger partial charge in [-0.05, 0) is 31.2 Å². The van der Waals surface area contributed by atoms with Gasteiger partial charge in [0, 0.05) is 12.1 Å². The molecule has 0 radical (unpaired) electrons. The normalized spacial score (nSPS) is 10.3. The molecule has 2 aromatic rings. The van der Waals surface area contributed by atoms with E-state index in [9.17, 15) is 8.78 Å². The molecule has 3 nitrogen and oxygen atoms in total. The van der Waals surface area contributed by atoms with Crippen LogP contribution in [0.4, 0.5) is 14.5 Å². The Kier molecular flexibility index (Phi) is 3.85. The molecule has 100 valence electrons. The molecule has 0 bridgehead atoms. The van der Waals surface area contributed by atoms with E-state index < -0.39 is 11.6 Å². The second-order valence-electron chi connectivity index (χ2n) is 3.81. The van der Waals surface area contributed by atoms with Crippen LogP contribution in [-0.4, -0.2) is 6.61 Å². The van der Waals surface area contributed by atoms with Crippen molar-refractivity contribution in [3.05, 3.63) is 48.0 Å². The molecular weight excluding hydrogens is 252 g/mol. The lowest BCUT2D eigenvalue weighted by molar-refractivity contribution is 0.340. The first-order valence-electron chi connectivity index (χ1n) is 5.75. The Labute approximate surface area is 109 Å². The largest absolute Gasteiger partial charge is 0.492 e. The molecule has 0 aliphatic rings. The zero-order valence-corrected chi connectivity index (χ0v) is 10.3. The predicted molar refractivity (Wildman–Crippen MR) is 68.5 cm³/mol. The summed E-state index contributed by atoms with van der Waals surface area (Å²) in [5.74, 6) is -0.755. The molecule has 0 fully saturated rings. The van der Waals surface area contributed by atoms with Crippen LogP contribution < -0.4 is 15.2 Å². The molecule has 0 unspecified atom stereocenters. The van der Waals surface area contributed by atoms with Crippen LogP contribution >= 0.6 is 0 Å². The fourth-order valence-electron chi connectivity index (χ4n) is 1.54. The average molecular weight is 265 g/mol. The van der Waals surface area contributed by atoms with Crippen molar-refractivity contribution in [1.29, 1.82) is 0 Å². The molecule has 0 heterocycles. The van der Waals surface area contributed by atoms with Gasteiger partial charge in [0.2, 0.25) is 0 Å². The van der Waals surface area contributed by atoms with Crippen molar-refractivity contribution in [2.75, 3.05) is 12.3 Å². The zero-order chi connectivity index (χ0) is 13.8. The summed E-state index contributed by atoms with van der Waals surface area (Å²) in [6, 6.07) is 8.17. The first kappa shape index (κ1) is 13.1. The Balaban J connectivity index is 2.22. The number of benzene rings is 2. The number of nitrogens with two attached hydrogens (primary N) is 1. The van der Waals surface area contributed by atoms with E-state index in [1.165, 1.54) is 6.07 Å². The van der Waals surface area contributed by atoms with Crippen LogP contribution in [0.25, 0.3) is 0 Å². The van der Waals surface area contributed by atoms with E-state index >= 15 is 0 Å². The summed E-state index contributed by atoms with van der Waals surface area (Å²) < 4.78 is 36.6. The van der Waals surface area contributed by atoms with Gasteiger partial charge in [-0.2, -0.15) is 0 Å². The van der Waals surface area contributed by atoms with Gasteiger partial charge in [-0.15, -0.1) is 0 Å². The lowest BCUT2D eigenvalue weighted by Gasteiger charge is -2.10. The molecule has 0 spiro atoms. The molecule has 0 amide bonds. The SMILES string of the molecule is CCOc1cc(Oc2ccc(F)c(F)c2)ccc1N. The van der Waals surface area contributed by atoms with Crippen molar-refractivity contribution in [2.45, 2.75) is 6.92 Å². The Morgan fingerprint density at radius 3 is 2.37 bits per heavy atom. The van der Waals surface area contributed by atoms with E-state index in [2.05, 4.69) is 0 Å². The lowest BCUT2D eigenvalue weighted by Crippen LogP contribution is -1.97. The second kappa shape index (κ2) is 5.56. The molecule has 0 saturated carbocycles. The van der Waals surface area contributed by atoms with Crippen LogP contribution in [-0.2, 0) is 0 Å². The summed E-state index contributed by atoms with van der Waals surface area (Å²) in [6.07, 6.45) is 0.